The normalized spacial score (nSPS) is 18.0. The van der Waals surface area contributed by atoms with Crippen molar-refractivity contribution in [3.05, 3.63) is 58.0 Å². The molecule has 5 nitrogen and oxygen atoms in total. The van der Waals surface area contributed by atoms with E-state index in [1.165, 1.54) is 17.7 Å². The van der Waals surface area contributed by atoms with Gasteiger partial charge >= 0.3 is 0 Å². The van der Waals surface area contributed by atoms with E-state index >= 15 is 0 Å². The van der Waals surface area contributed by atoms with Crippen LogP contribution in [0.4, 0.5) is 5.69 Å². The van der Waals surface area contributed by atoms with E-state index in [0.717, 1.165) is 18.5 Å². The number of para-hydroxylation sites is 1. The summed E-state index contributed by atoms with van der Waals surface area (Å²) in [6.45, 7) is 2.85. The van der Waals surface area contributed by atoms with Crippen LogP contribution in [-0.4, -0.2) is 22.6 Å². The van der Waals surface area contributed by atoms with Gasteiger partial charge < -0.3 is 4.90 Å². The molecule has 1 aliphatic rings. The van der Waals surface area contributed by atoms with Crippen LogP contribution >= 0.6 is 0 Å². The van der Waals surface area contributed by atoms with Crippen molar-refractivity contribution in [3.63, 3.8) is 0 Å². The number of anilines is 1. The van der Waals surface area contributed by atoms with Crippen molar-refractivity contribution in [1.82, 2.24) is 10.2 Å². The Labute approximate surface area is 122 Å². The molecule has 0 saturated heterocycles. The SMILES string of the molecule is CC1CCCN(C(=O)c2ccc(=O)[nH]n2)c2ccccc21. The second-order valence-electron chi connectivity index (χ2n) is 5.37. The molecule has 0 radical (unpaired) electrons. The minimum atomic E-state index is -0.309. The molecule has 1 aromatic heterocycles. The van der Waals surface area contributed by atoms with Gasteiger partial charge in [-0.05, 0) is 36.5 Å². The van der Waals surface area contributed by atoms with Crippen LogP contribution in [0.2, 0.25) is 0 Å². The Morgan fingerprint density at radius 1 is 1.29 bits per heavy atom. The van der Waals surface area contributed by atoms with Crippen molar-refractivity contribution in [1.29, 1.82) is 0 Å². The molecule has 0 aliphatic carbocycles. The zero-order chi connectivity index (χ0) is 14.8. The van der Waals surface area contributed by atoms with E-state index in [2.05, 4.69) is 23.2 Å². The van der Waals surface area contributed by atoms with E-state index in [0.29, 0.717) is 12.5 Å². The maximum atomic E-state index is 12.7. The fourth-order valence-corrected chi connectivity index (χ4v) is 2.79. The van der Waals surface area contributed by atoms with E-state index in [4.69, 9.17) is 0 Å². The molecule has 0 spiro atoms. The van der Waals surface area contributed by atoms with Crippen molar-refractivity contribution in [2.24, 2.45) is 0 Å². The average Bonchev–Trinajstić information content (AvgIpc) is 2.67. The summed E-state index contributed by atoms with van der Waals surface area (Å²) in [6.07, 6.45) is 2.00. The Morgan fingerprint density at radius 3 is 2.86 bits per heavy atom. The quantitative estimate of drug-likeness (QED) is 0.873. The first-order valence-electron chi connectivity index (χ1n) is 7.13. The monoisotopic (exact) mass is 283 g/mol. The van der Waals surface area contributed by atoms with Crippen LogP contribution in [0.5, 0.6) is 0 Å². The fraction of sp³-hybridized carbons (Fsp3) is 0.312. The number of rotatable bonds is 1. The standard InChI is InChI=1S/C16H17N3O2/c1-11-5-4-10-19(14-7-3-2-6-12(11)14)16(21)13-8-9-15(20)18-17-13/h2-3,6-9,11H,4-5,10H2,1H3,(H,18,20). The minimum Gasteiger partial charge on any atom is -0.307 e. The number of carbonyl (C=O) groups excluding carboxylic acids is 1. The number of nitrogens with zero attached hydrogens (tertiary/aromatic N) is 2. The highest BCUT2D eigenvalue weighted by Crippen LogP contribution is 2.34. The molecule has 1 aliphatic heterocycles. The number of aromatic amines is 1. The molecule has 5 heteroatoms. The Hall–Kier alpha value is -2.43. The zero-order valence-corrected chi connectivity index (χ0v) is 11.9. The number of aromatic nitrogens is 2. The van der Waals surface area contributed by atoms with E-state index < -0.39 is 0 Å². The summed E-state index contributed by atoms with van der Waals surface area (Å²) in [4.78, 5) is 25.5. The molecule has 108 valence electrons. The van der Waals surface area contributed by atoms with Crippen LogP contribution < -0.4 is 10.5 Å². The third kappa shape index (κ3) is 2.59. The van der Waals surface area contributed by atoms with Gasteiger partial charge in [-0.2, -0.15) is 5.10 Å². The lowest BCUT2D eigenvalue weighted by molar-refractivity contribution is 0.0981. The van der Waals surface area contributed by atoms with Gasteiger partial charge in [0.05, 0.1) is 0 Å². The number of hydrogen-bond acceptors (Lipinski definition) is 3. The maximum absolute atomic E-state index is 12.7. The van der Waals surface area contributed by atoms with E-state index in [-0.39, 0.29) is 17.2 Å². The number of carbonyl (C=O) groups is 1. The van der Waals surface area contributed by atoms with Crippen LogP contribution in [0, 0.1) is 0 Å². The largest absolute Gasteiger partial charge is 0.307 e. The lowest BCUT2D eigenvalue weighted by atomic mass is 9.96. The van der Waals surface area contributed by atoms with Gasteiger partial charge in [0.25, 0.3) is 11.5 Å². The topological polar surface area (TPSA) is 66.1 Å². The smallest absolute Gasteiger partial charge is 0.278 e. The summed E-state index contributed by atoms with van der Waals surface area (Å²) in [5, 5.41) is 6.16. The number of amides is 1. The molecular weight excluding hydrogens is 266 g/mol. The number of benzene rings is 1. The second-order valence-corrected chi connectivity index (χ2v) is 5.37. The fourth-order valence-electron chi connectivity index (χ4n) is 2.79. The minimum absolute atomic E-state index is 0.173. The van der Waals surface area contributed by atoms with Gasteiger partial charge in [0, 0.05) is 18.3 Å². The zero-order valence-electron chi connectivity index (χ0n) is 11.9. The van der Waals surface area contributed by atoms with E-state index in [9.17, 15) is 9.59 Å². The van der Waals surface area contributed by atoms with Gasteiger partial charge in [-0.1, -0.05) is 25.1 Å². The number of nitrogens with one attached hydrogen (secondary N) is 1. The highest BCUT2D eigenvalue weighted by Gasteiger charge is 2.25. The molecule has 1 atom stereocenters. The Bertz CT molecular complexity index is 703. The van der Waals surface area contributed by atoms with Gasteiger partial charge in [-0.15, -0.1) is 0 Å². The number of hydrogen-bond donors (Lipinski definition) is 1. The summed E-state index contributed by atoms with van der Waals surface area (Å²) in [7, 11) is 0. The Kier molecular flexibility index (Phi) is 3.56. The molecule has 2 aromatic rings. The van der Waals surface area contributed by atoms with E-state index in [1.54, 1.807) is 4.90 Å². The van der Waals surface area contributed by atoms with Crippen LogP contribution in [0.3, 0.4) is 0 Å². The third-order valence-corrected chi connectivity index (χ3v) is 3.92. The summed E-state index contributed by atoms with van der Waals surface area (Å²) >= 11 is 0. The lowest BCUT2D eigenvalue weighted by Crippen LogP contribution is -2.33. The van der Waals surface area contributed by atoms with Crippen molar-refractivity contribution >= 4 is 11.6 Å². The summed E-state index contributed by atoms with van der Waals surface area (Å²) in [5.41, 5.74) is 2.09. The molecule has 21 heavy (non-hydrogen) atoms. The lowest BCUT2D eigenvalue weighted by Gasteiger charge is -2.23. The van der Waals surface area contributed by atoms with E-state index in [1.807, 2.05) is 18.2 Å². The molecule has 1 aromatic carbocycles. The van der Waals surface area contributed by atoms with Crippen LogP contribution in [0.1, 0.15) is 41.7 Å². The highest BCUT2D eigenvalue weighted by atomic mass is 16.2. The van der Waals surface area contributed by atoms with Crippen LogP contribution in [0.25, 0.3) is 0 Å². The molecule has 1 N–H and O–H groups in total. The molecule has 2 heterocycles. The maximum Gasteiger partial charge on any atom is 0.278 e. The van der Waals surface area contributed by atoms with Crippen LogP contribution in [0.15, 0.2) is 41.2 Å². The summed E-state index contributed by atoms with van der Waals surface area (Å²) in [6, 6.07) is 10.8. The van der Waals surface area contributed by atoms with Gasteiger partial charge in [-0.25, -0.2) is 5.10 Å². The Balaban J connectivity index is 2.01. The average molecular weight is 283 g/mol. The van der Waals surface area contributed by atoms with Crippen molar-refractivity contribution in [3.8, 4) is 0 Å². The van der Waals surface area contributed by atoms with Crippen LogP contribution in [-0.2, 0) is 0 Å². The van der Waals surface area contributed by atoms with Gasteiger partial charge in [-0.3, -0.25) is 9.59 Å². The molecule has 0 saturated carbocycles. The van der Waals surface area contributed by atoms with Crippen molar-refractivity contribution < 1.29 is 4.79 Å². The second kappa shape index (κ2) is 5.52. The van der Waals surface area contributed by atoms with Gasteiger partial charge in [0.15, 0.2) is 0 Å². The summed E-state index contributed by atoms with van der Waals surface area (Å²) < 4.78 is 0. The molecule has 0 bridgehead atoms. The first-order valence-corrected chi connectivity index (χ1v) is 7.13. The van der Waals surface area contributed by atoms with Gasteiger partial charge in [0.1, 0.15) is 5.69 Å². The molecule has 1 unspecified atom stereocenters. The number of H-pyrrole nitrogens is 1. The number of fused-ring (bicyclic) bond motifs is 1. The molecule has 3 rings (SSSR count). The molecular formula is C16H17N3O2. The molecule has 0 fully saturated rings. The predicted octanol–water partition coefficient (Wildman–Crippen LogP) is 2.31. The molecule has 1 amide bonds. The van der Waals surface area contributed by atoms with Gasteiger partial charge in [0.2, 0.25) is 0 Å². The summed E-state index contributed by atoms with van der Waals surface area (Å²) in [5.74, 6) is 0.260. The first kappa shape index (κ1) is 13.5. The third-order valence-electron chi connectivity index (χ3n) is 3.92. The first-order chi connectivity index (χ1) is 10.2. The van der Waals surface area contributed by atoms with Crippen molar-refractivity contribution in [2.45, 2.75) is 25.7 Å². The van der Waals surface area contributed by atoms with Crippen molar-refractivity contribution in [2.75, 3.05) is 11.4 Å². The predicted molar refractivity (Wildman–Crippen MR) is 80.6 cm³/mol. The Morgan fingerprint density at radius 2 is 2.10 bits per heavy atom. The highest BCUT2D eigenvalue weighted by molar-refractivity contribution is 6.05.